The molecule has 0 amide bonds. The van der Waals surface area contributed by atoms with E-state index in [0.29, 0.717) is 23.3 Å². The fraction of sp³-hybridized carbons (Fsp3) is 0.500. The summed E-state index contributed by atoms with van der Waals surface area (Å²) in [6, 6.07) is 13.3. The lowest BCUT2D eigenvalue weighted by atomic mass is 9.47. The third kappa shape index (κ3) is 3.76. The highest BCUT2D eigenvalue weighted by atomic mass is 16.6. The molecule has 1 aromatic heterocycles. The van der Waals surface area contributed by atoms with Crippen molar-refractivity contribution in [1.29, 1.82) is 0 Å². The number of nitrogens with zero attached hydrogens (tertiary/aromatic N) is 1. The van der Waals surface area contributed by atoms with Gasteiger partial charge in [-0.15, -0.1) is 0 Å². The number of aliphatic hydroxyl groups is 1. The van der Waals surface area contributed by atoms with Gasteiger partial charge in [0, 0.05) is 18.8 Å². The molecule has 1 unspecified atom stereocenters. The third-order valence-electron chi connectivity index (χ3n) is 10.2. The molecule has 7 atom stereocenters. The molecule has 188 valence electrons. The molecule has 2 fully saturated rings. The molecule has 4 nitrogen and oxygen atoms in total. The number of ether oxygens (including phenoxy) is 1. The van der Waals surface area contributed by atoms with Gasteiger partial charge in [-0.1, -0.05) is 68.0 Å². The monoisotopic (exact) mass is 483 g/mol. The smallest absolute Gasteiger partial charge is 0.339 e. The standard InChI is InChI=1S/C32H37NO3/c1-31-16-14-24(36-30(35)29(34)21-7-4-3-5-8-21)19-23(31)10-11-25-27-13-12-26(22-9-6-18-33-20-22)32(27,2)17-15-28(25)31/h3-10,12,18,20,24-25,27-29,34H,11,13-17,19H2,1-2H3/t24-,25-,27-,28-,29?,31-,32+/m0/s1. The van der Waals surface area contributed by atoms with Crippen LogP contribution in [-0.2, 0) is 9.53 Å². The molecule has 36 heavy (non-hydrogen) atoms. The summed E-state index contributed by atoms with van der Waals surface area (Å²) in [6.07, 6.45) is 15.0. The molecule has 4 heteroatoms. The number of fused-ring (bicyclic) bond motifs is 5. The molecule has 1 heterocycles. The minimum Gasteiger partial charge on any atom is -0.460 e. The third-order valence-corrected chi connectivity index (χ3v) is 10.2. The van der Waals surface area contributed by atoms with Crippen LogP contribution in [0.2, 0.25) is 0 Å². The number of carbonyl (C=O) groups excluding carboxylic acids is 1. The highest BCUT2D eigenvalue weighted by Gasteiger charge is 2.57. The lowest BCUT2D eigenvalue weighted by Gasteiger charge is -2.57. The Morgan fingerprint density at radius 1 is 1.00 bits per heavy atom. The second-order valence-electron chi connectivity index (χ2n) is 11.9. The zero-order chi connectivity index (χ0) is 24.9. The average Bonchev–Trinajstić information content (AvgIpc) is 3.26. The van der Waals surface area contributed by atoms with Crippen LogP contribution >= 0.6 is 0 Å². The molecule has 1 N–H and O–H groups in total. The number of aliphatic hydroxyl groups excluding tert-OH is 1. The van der Waals surface area contributed by atoms with Crippen molar-refractivity contribution in [1.82, 2.24) is 4.98 Å². The van der Waals surface area contributed by atoms with Crippen LogP contribution in [0.15, 0.2) is 72.6 Å². The Bertz CT molecular complexity index is 1190. The molecule has 0 radical (unpaired) electrons. The molecule has 0 bridgehead atoms. The molecule has 4 aliphatic rings. The van der Waals surface area contributed by atoms with E-state index >= 15 is 0 Å². The van der Waals surface area contributed by atoms with Crippen molar-refractivity contribution in [3.63, 3.8) is 0 Å². The van der Waals surface area contributed by atoms with Crippen LogP contribution in [0.1, 0.15) is 76.0 Å². The van der Waals surface area contributed by atoms with E-state index in [-0.39, 0.29) is 16.9 Å². The molecule has 1 aromatic carbocycles. The summed E-state index contributed by atoms with van der Waals surface area (Å²) in [5, 5.41) is 10.5. The van der Waals surface area contributed by atoms with Gasteiger partial charge < -0.3 is 9.84 Å². The molecule has 0 aliphatic heterocycles. The summed E-state index contributed by atoms with van der Waals surface area (Å²) in [4.78, 5) is 17.1. The fourth-order valence-electron chi connectivity index (χ4n) is 8.27. The molecule has 6 rings (SSSR count). The topological polar surface area (TPSA) is 59.4 Å². The van der Waals surface area contributed by atoms with Crippen molar-refractivity contribution < 1.29 is 14.6 Å². The Balaban J connectivity index is 1.17. The van der Waals surface area contributed by atoms with Crippen molar-refractivity contribution in [3.8, 4) is 0 Å². The number of benzene rings is 1. The summed E-state index contributed by atoms with van der Waals surface area (Å²) >= 11 is 0. The lowest BCUT2D eigenvalue weighted by Crippen LogP contribution is -2.50. The summed E-state index contributed by atoms with van der Waals surface area (Å²) < 4.78 is 5.84. The van der Waals surface area contributed by atoms with Gasteiger partial charge in [0.05, 0.1) is 0 Å². The normalized spacial score (nSPS) is 36.0. The van der Waals surface area contributed by atoms with Crippen LogP contribution < -0.4 is 0 Å². The van der Waals surface area contributed by atoms with Crippen molar-refractivity contribution in [2.75, 3.05) is 0 Å². The van der Waals surface area contributed by atoms with E-state index in [4.69, 9.17) is 4.74 Å². The van der Waals surface area contributed by atoms with Gasteiger partial charge in [-0.3, -0.25) is 4.98 Å². The summed E-state index contributed by atoms with van der Waals surface area (Å²) in [6.45, 7) is 4.97. The molecule has 0 saturated heterocycles. The van der Waals surface area contributed by atoms with Gasteiger partial charge in [-0.2, -0.15) is 0 Å². The zero-order valence-electron chi connectivity index (χ0n) is 21.4. The highest BCUT2D eigenvalue weighted by molar-refractivity contribution is 5.76. The largest absolute Gasteiger partial charge is 0.460 e. The van der Waals surface area contributed by atoms with Gasteiger partial charge in [-0.05, 0) is 89.9 Å². The second-order valence-corrected chi connectivity index (χ2v) is 11.9. The van der Waals surface area contributed by atoms with E-state index < -0.39 is 12.1 Å². The minimum atomic E-state index is -1.22. The summed E-state index contributed by atoms with van der Waals surface area (Å²) in [7, 11) is 0. The number of esters is 1. The summed E-state index contributed by atoms with van der Waals surface area (Å²) in [5.74, 6) is 1.53. The van der Waals surface area contributed by atoms with E-state index in [1.807, 2.05) is 30.6 Å². The van der Waals surface area contributed by atoms with Crippen LogP contribution in [0, 0.1) is 28.6 Å². The SMILES string of the molecule is C[C@]12CC[C@H](OC(=O)C(O)c3ccccc3)CC1=CC[C@@H]1[C@@H]2CC[C@]2(C)C(c3cccnc3)=CC[C@@H]12. The van der Waals surface area contributed by atoms with E-state index in [1.165, 1.54) is 36.0 Å². The number of aromatic nitrogens is 1. The maximum absolute atomic E-state index is 12.7. The first kappa shape index (κ1) is 23.7. The zero-order valence-corrected chi connectivity index (χ0v) is 21.4. The van der Waals surface area contributed by atoms with E-state index in [9.17, 15) is 9.90 Å². The van der Waals surface area contributed by atoms with E-state index in [0.717, 1.165) is 25.7 Å². The Kier molecular flexibility index (Phi) is 5.91. The number of carbonyl (C=O) groups is 1. The van der Waals surface area contributed by atoms with Crippen LogP contribution in [0.25, 0.3) is 5.57 Å². The summed E-state index contributed by atoms with van der Waals surface area (Å²) in [5.41, 5.74) is 5.27. The average molecular weight is 484 g/mol. The van der Waals surface area contributed by atoms with Gasteiger partial charge in [0.2, 0.25) is 0 Å². The van der Waals surface area contributed by atoms with Crippen LogP contribution in [-0.4, -0.2) is 22.2 Å². The molecule has 0 spiro atoms. The Hall–Kier alpha value is -2.72. The van der Waals surface area contributed by atoms with E-state index in [1.54, 1.807) is 12.1 Å². The lowest BCUT2D eigenvalue weighted by molar-refractivity contribution is -0.161. The van der Waals surface area contributed by atoms with Gasteiger partial charge >= 0.3 is 5.97 Å². The number of pyridine rings is 1. The van der Waals surface area contributed by atoms with Crippen molar-refractivity contribution in [3.05, 3.63) is 83.7 Å². The maximum Gasteiger partial charge on any atom is 0.339 e. The molecule has 2 saturated carbocycles. The van der Waals surface area contributed by atoms with Crippen LogP contribution in [0.4, 0.5) is 0 Å². The first-order valence-electron chi connectivity index (χ1n) is 13.6. The molecule has 2 aromatic rings. The minimum absolute atomic E-state index is 0.147. The van der Waals surface area contributed by atoms with Crippen LogP contribution in [0.5, 0.6) is 0 Å². The van der Waals surface area contributed by atoms with Gasteiger partial charge in [0.15, 0.2) is 6.10 Å². The first-order valence-corrected chi connectivity index (χ1v) is 13.6. The van der Waals surface area contributed by atoms with Gasteiger partial charge in [0.1, 0.15) is 6.10 Å². The van der Waals surface area contributed by atoms with Crippen molar-refractivity contribution in [2.45, 2.75) is 71.0 Å². The molecule has 4 aliphatic carbocycles. The Morgan fingerprint density at radius 3 is 2.58 bits per heavy atom. The van der Waals surface area contributed by atoms with Crippen molar-refractivity contribution in [2.24, 2.45) is 28.6 Å². The first-order chi connectivity index (χ1) is 17.4. The number of hydrogen-bond donors (Lipinski definition) is 1. The van der Waals surface area contributed by atoms with Crippen LogP contribution in [0.3, 0.4) is 0 Å². The predicted molar refractivity (Wildman–Crippen MR) is 141 cm³/mol. The highest BCUT2D eigenvalue weighted by Crippen LogP contribution is 2.66. The van der Waals surface area contributed by atoms with E-state index in [2.05, 4.69) is 43.1 Å². The maximum atomic E-state index is 12.7. The quantitative estimate of drug-likeness (QED) is 0.389. The second kappa shape index (κ2) is 8.99. The predicted octanol–water partition coefficient (Wildman–Crippen LogP) is 6.68. The fourth-order valence-corrected chi connectivity index (χ4v) is 8.27. The number of hydrogen-bond acceptors (Lipinski definition) is 4. The molecular weight excluding hydrogens is 446 g/mol. The molecular formula is C32H37NO3. The van der Waals surface area contributed by atoms with Gasteiger partial charge in [0.25, 0.3) is 0 Å². The number of allylic oxidation sites excluding steroid dienone is 3. The Morgan fingerprint density at radius 2 is 1.81 bits per heavy atom. The Labute approximate surface area is 214 Å². The number of rotatable bonds is 4. The van der Waals surface area contributed by atoms with Crippen molar-refractivity contribution >= 4 is 11.5 Å². The van der Waals surface area contributed by atoms with Gasteiger partial charge in [-0.25, -0.2) is 4.79 Å².